The lowest BCUT2D eigenvalue weighted by atomic mass is 10.1. The summed E-state index contributed by atoms with van der Waals surface area (Å²) in [6.45, 7) is 4.08. The number of thioether (sulfide) groups is 1. The van der Waals surface area contributed by atoms with Crippen LogP contribution in [0.15, 0.2) is 75.9 Å². The van der Waals surface area contributed by atoms with Crippen LogP contribution in [-0.2, 0) is 22.6 Å². The highest BCUT2D eigenvalue weighted by Crippen LogP contribution is 2.42. The fraction of sp³-hybridized carbons (Fsp3) is 0.192. The smallest absolute Gasteiger partial charge is 0.265 e. The number of carbonyl (C=O) groups is 2. The predicted octanol–water partition coefficient (Wildman–Crippen LogP) is 5.29. The van der Waals surface area contributed by atoms with Crippen molar-refractivity contribution in [1.82, 2.24) is 5.32 Å². The number of halogens is 1. The zero-order valence-electron chi connectivity index (χ0n) is 18.7. The molecular weight excluding hydrogens is 470 g/mol. The van der Waals surface area contributed by atoms with E-state index < -0.39 is 11.2 Å². The Morgan fingerprint density at radius 2 is 2.00 bits per heavy atom. The van der Waals surface area contributed by atoms with Gasteiger partial charge in [0.05, 0.1) is 18.1 Å². The van der Waals surface area contributed by atoms with Crippen molar-refractivity contribution >= 4 is 40.9 Å². The molecule has 2 amide bonds. The Morgan fingerprint density at radius 3 is 2.68 bits per heavy atom. The summed E-state index contributed by atoms with van der Waals surface area (Å²) in [5.74, 6) is -0.183. The summed E-state index contributed by atoms with van der Waals surface area (Å²) in [6, 6.07) is 18.5. The molecule has 1 saturated heterocycles. The summed E-state index contributed by atoms with van der Waals surface area (Å²) in [5.41, 5.74) is 3.50. The molecule has 0 saturated carbocycles. The second kappa shape index (κ2) is 10.2. The van der Waals surface area contributed by atoms with Crippen molar-refractivity contribution in [3.05, 3.63) is 98.9 Å². The van der Waals surface area contributed by atoms with Crippen LogP contribution in [0.4, 0.5) is 5.69 Å². The van der Waals surface area contributed by atoms with Crippen LogP contribution < -0.4 is 10.2 Å². The molecule has 4 rings (SSSR count). The van der Waals surface area contributed by atoms with Crippen molar-refractivity contribution < 1.29 is 14.0 Å². The van der Waals surface area contributed by atoms with Crippen LogP contribution in [0.3, 0.4) is 0 Å². The molecule has 8 heteroatoms. The van der Waals surface area contributed by atoms with Gasteiger partial charge in [0.1, 0.15) is 22.4 Å². The van der Waals surface area contributed by atoms with E-state index in [1.54, 1.807) is 18.2 Å². The number of benzene rings is 2. The SMILES string of the molecule is Cc1ccc(N2C(=O)C(Cc3cccc(Cl)c3)S/C2=C(/C#N)C(=O)NCc2ccco2)cc1C. The van der Waals surface area contributed by atoms with Gasteiger partial charge >= 0.3 is 0 Å². The average molecular weight is 492 g/mol. The molecule has 0 aliphatic carbocycles. The molecule has 0 bridgehead atoms. The van der Waals surface area contributed by atoms with Gasteiger partial charge in [0, 0.05) is 10.7 Å². The summed E-state index contributed by atoms with van der Waals surface area (Å²) in [4.78, 5) is 28.0. The number of rotatable bonds is 6. The highest BCUT2D eigenvalue weighted by Gasteiger charge is 2.41. The number of carbonyl (C=O) groups excluding carboxylic acids is 2. The fourth-order valence-corrected chi connectivity index (χ4v) is 5.15. The van der Waals surface area contributed by atoms with E-state index in [0.29, 0.717) is 27.9 Å². The van der Waals surface area contributed by atoms with Gasteiger partial charge in [0.15, 0.2) is 0 Å². The molecule has 3 aromatic rings. The summed E-state index contributed by atoms with van der Waals surface area (Å²) in [6.07, 6.45) is 1.93. The number of hydrogen-bond donors (Lipinski definition) is 1. The number of amides is 2. The van der Waals surface area contributed by atoms with Crippen molar-refractivity contribution in [2.45, 2.75) is 32.1 Å². The van der Waals surface area contributed by atoms with Crippen molar-refractivity contribution in [2.75, 3.05) is 4.90 Å². The standard InChI is InChI=1S/C26H22ClN3O3S/c1-16-8-9-20(11-17(16)2)30-25(32)23(13-18-5-3-6-19(27)12-18)34-26(30)22(14-28)24(31)29-15-21-7-4-10-33-21/h3-12,23H,13,15H2,1-2H3,(H,29,31)/b26-22-. The summed E-state index contributed by atoms with van der Waals surface area (Å²) >= 11 is 7.35. The van der Waals surface area contributed by atoms with Crippen LogP contribution in [0, 0.1) is 25.2 Å². The van der Waals surface area contributed by atoms with E-state index in [4.69, 9.17) is 16.0 Å². The summed E-state index contributed by atoms with van der Waals surface area (Å²) < 4.78 is 5.25. The minimum atomic E-state index is -0.563. The molecule has 1 unspecified atom stereocenters. The number of nitrogens with zero attached hydrogens (tertiary/aromatic N) is 2. The Labute approximate surface area is 207 Å². The first-order chi connectivity index (χ1) is 16.4. The number of anilines is 1. The summed E-state index contributed by atoms with van der Waals surface area (Å²) in [5, 5.41) is 13.0. The molecule has 1 aromatic heterocycles. The van der Waals surface area contributed by atoms with Gasteiger partial charge in [-0.15, -0.1) is 0 Å². The molecule has 1 aliphatic heterocycles. The monoisotopic (exact) mass is 491 g/mol. The lowest BCUT2D eigenvalue weighted by Gasteiger charge is -2.20. The quantitative estimate of drug-likeness (QED) is 0.374. The van der Waals surface area contributed by atoms with Gasteiger partial charge in [0.25, 0.3) is 5.91 Å². The van der Waals surface area contributed by atoms with E-state index in [0.717, 1.165) is 16.7 Å². The Balaban J connectivity index is 1.71. The van der Waals surface area contributed by atoms with Crippen molar-refractivity contribution in [3.63, 3.8) is 0 Å². The van der Waals surface area contributed by atoms with Crippen LogP contribution in [0.25, 0.3) is 0 Å². The van der Waals surface area contributed by atoms with Gasteiger partial charge in [-0.25, -0.2) is 0 Å². The van der Waals surface area contributed by atoms with Crippen LogP contribution in [0.5, 0.6) is 0 Å². The van der Waals surface area contributed by atoms with Crippen molar-refractivity contribution in [1.29, 1.82) is 5.26 Å². The molecule has 2 aromatic carbocycles. The van der Waals surface area contributed by atoms with Gasteiger partial charge in [-0.1, -0.05) is 41.6 Å². The lowest BCUT2D eigenvalue weighted by Crippen LogP contribution is -2.32. The average Bonchev–Trinajstić information content (AvgIpc) is 3.43. The van der Waals surface area contributed by atoms with E-state index >= 15 is 0 Å². The van der Waals surface area contributed by atoms with Crippen LogP contribution in [-0.4, -0.2) is 17.1 Å². The highest BCUT2D eigenvalue weighted by molar-refractivity contribution is 8.05. The molecule has 1 fully saturated rings. The van der Waals surface area contributed by atoms with Gasteiger partial charge in [-0.05, 0) is 73.4 Å². The van der Waals surface area contributed by atoms with E-state index in [9.17, 15) is 14.9 Å². The number of furan rings is 1. The highest BCUT2D eigenvalue weighted by atomic mass is 35.5. The number of nitriles is 1. The first kappa shape index (κ1) is 23.7. The minimum Gasteiger partial charge on any atom is -0.467 e. The molecule has 1 aliphatic rings. The first-order valence-corrected chi connectivity index (χ1v) is 11.9. The third-order valence-corrected chi connectivity index (χ3v) is 7.07. The van der Waals surface area contributed by atoms with Crippen LogP contribution in [0.1, 0.15) is 22.5 Å². The molecule has 0 radical (unpaired) electrons. The molecule has 6 nitrogen and oxygen atoms in total. The maximum Gasteiger partial charge on any atom is 0.265 e. The molecule has 1 atom stereocenters. The third-order valence-electron chi connectivity index (χ3n) is 5.57. The molecular formula is C26H22ClN3O3S. The molecule has 0 spiro atoms. The zero-order chi connectivity index (χ0) is 24.2. The van der Waals surface area contributed by atoms with Gasteiger partial charge in [0.2, 0.25) is 5.91 Å². The largest absolute Gasteiger partial charge is 0.467 e. The maximum atomic E-state index is 13.6. The van der Waals surface area contributed by atoms with Crippen molar-refractivity contribution in [3.8, 4) is 6.07 Å². The third kappa shape index (κ3) is 5.04. The topological polar surface area (TPSA) is 86.3 Å². The predicted molar refractivity (Wildman–Crippen MR) is 133 cm³/mol. The minimum absolute atomic E-state index is 0.114. The summed E-state index contributed by atoms with van der Waals surface area (Å²) in [7, 11) is 0. The molecule has 34 heavy (non-hydrogen) atoms. The maximum absolute atomic E-state index is 13.6. The van der Waals surface area contributed by atoms with E-state index in [-0.39, 0.29) is 18.0 Å². The number of aryl methyl sites for hydroxylation is 2. The van der Waals surface area contributed by atoms with E-state index in [1.807, 2.05) is 56.3 Å². The second-order valence-corrected chi connectivity index (χ2v) is 9.56. The van der Waals surface area contributed by atoms with Gasteiger partial charge in [-0.3, -0.25) is 14.5 Å². The lowest BCUT2D eigenvalue weighted by molar-refractivity contribution is -0.117. The normalized spacial score (nSPS) is 16.9. The second-order valence-electron chi connectivity index (χ2n) is 7.94. The number of hydrogen-bond acceptors (Lipinski definition) is 5. The Hall–Kier alpha value is -3.47. The van der Waals surface area contributed by atoms with Gasteiger partial charge in [-0.2, -0.15) is 5.26 Å². The van der Waals surface area contributed by atoms with Crippen LogP contribution in [0.2, 0.25) is 5.02 Å². The zero-order valence-corrected chi connectivity index (χ0v) is 20.2. The van der Waals surface area contributed by atoms with Crippen LogP contribution >= 0.6 is 23.4 Å². The van der Waals surface area contributed by atoms with Crippen molar-refractivity contribution in [2.24, 2.45) is 0 Å². The van der Waals surface area contributed by atoms with Gasteiger partial charge < -0.3 is 9.73 Å². The number of nitrogens with one attached hydrogen (secondary N) is 1. The fourth-order valence-electron chi connectivity index (χ4n) is 3.63. The molecule has 1 N–H and O–H groups in total. The Bertz CT molecular complexity index is 1310. The Morgan fingerprint density at radius 1 is 1.18 bits per heavy atom. The van der Waals surface area contributed by atoms with E-state index in [1.165, 1.54) is 22.9 Å². The Kier molecular flexibility index (Phi) is 7.11. The first-order valence-electron chi connectivity index (χ1n) is 10.6. The molecule has 2 heterocycles. The molecule has 172 valence electrons. The van der Waals surface area contributed by atoms with E-state index in [2.05, 4.69) is 5.32 Å².